The van der Waals surface area contributed by atoms with Crippen LogP contribution in [-0.2, 0) is 0 Å². The van der Waals surface area contributed by atoms with Crippen molar-refractivity contribution in [1.82, 2.24) is 0 Å². The van der Waals surface area contributed by atoms with Crippen molar-refractivity contribution in [3.05, 3.63) is 102 Å². The van der Waals surface area contributed by atoms with Gasteiger partial charge in [0, 0.05) is 16.8 Å². The molecule has 0 aliphatic heterocycles. The molecule has 0 fully saturated rings. The van der Waals surface area contributed by atoms with Gasteiger partial charge in [0.2, 0.25) is 0 Å². The fraction of sp³-hybridized carbons (Fsp3) is 0. The standard InChI is InChI=1S/C24H16N2O/c25-16-19-9-3-4-10-21(19)22-11-5-6-12-23(22)24(27)26-20-14-13-17-7-1-2-8-18(17)15-20/h1-15H,(H,26,27). The van der Waals surface area contributed by atoms with Crippen LogP contribution in [0.4, 0.5) is 5.69 Å². The van der Waals surface area contributed by atoms with Gasteiger partial charge in [-0.3, -0.25) is 4.79 Å². The van der Waals surface area contributed by atoms with Crippen LogP contribution in [0, 0.1) is 11.3 Å². The van der Waals surface area contributed by atoms with Crippen molar-refractivity contribution in [3.63, 3.8) is 0 Å². The van der Waals surface area contributed by atoms with Crippen molar-refractivity contribution in [2.45, 2.75) is 0 Å². The summed E-state index contributed by atoms with van der Waals surface area (Å²) in [7, 11) is 0. The Hall–Kier alpha value is -3.90. The van der Waals surface area contributed by atoms with Gasteiger partial charge in [-0.2, -0.15) is 5.26 Å². The van der Waals surface area contributed by atoms with Crippen molar-refractivity contribution in [2.24, 2.45) is 0 Å². The number of nitrogens with one attached hydrogen (secondary N) is 1. The Kier molecular flexibility index (Phi) is 4.38. The SMILES string of the molecule is N#Cc1ccccc1-c1ccccc1C(=O)Nc1ccc2ccccc2c1. The number of carbonyl (C=O) groups is 1. The molecule has 0 bridgehead atoms. The van der Waals surface area contributed by atoms with Gasteiger partial charge in [0.15, 0.2) is 0 Å². The number of nitrogens with zero attached hydrogens (tertiary/aromatic N) is 1. The van der Waals surface area contributed by atoms with Crippen molar-refractivity contribution in [2.75, 3.05) is 5.32 Å². The number of amides is 1. The quantitative estimate of drug-likeness (QED) is 0.521. The first kappa shape index (κ1) is 16.6. The summed E-state index contributed by atoms with van der Waals surface area (Å²) in [6, 6.07) is 30.7. The van der Waals surface area contributed by atoms with Crippen LogP contribution in [-0.4, -0.2) is 5.91 Å². The molecule has 0 atom stereocenters. The second-order valence-corrected chi connectivity index (χ2v) is 6.22. The molecule has 0 saturated heterocycles. The fourth-order valence-electron chi connectivity index (χ4n) is 3.20. The second-order valence-electron chi connectivity index (χ2n) is 6.22. The topological polar surface area (TPSA) is 52.9 Å². The highest BCUT2D eigenvalue weighted by Gasteiger charge is 2.15. The molecule has 1 amide bonds. The summed E-state index contributed by atoms with van der Waals surface area (Å²) < 4.78 is 0. The van der Waals surface area contributed by atoms with E-state index >= 15 is 0 Å². The number of anilines is 1. The van der Waals surface area contributed by atoms with E-state index in [1.165, 1.54) is 0 Å². The third kappa shape index (κ3) is 3.29. The first-order chi connectivity index (χ1) is 13.3. The van der Waals surface area contributed by atoms with Gasteiger partial charge in [-0.05, 0) is 40.6 Å². The van der Waals surface area contributed by atoms with Crippen LogP contribution in [0.5, 0.6) is 0 Å². The highest BCUT2D eigenvalue weighted by atomic mass is 16.1. The highest BCUT2D eigenvalue weighted by molar-refractivity contribution is 6.09. The Morgan fingerprint density at radius 3 is 2.22 bits per heavy atom. The number of fused-ring (bicyclic) bond motifs is 1. The number of nitriles is 1. The minimum atomic E-state index is -0.200. The van der Waals surface area contributed by atoms with Gasteiger partial charge < -0.3 is 5.32 Å². The van der Waals surface area contributed by atoms with E-state index in [0.717, 1.165) is 27.6 Å². The number of carbonyl (C=O) groups excluding carboxylic acids is 1. The summed E-state index contributed by atoms with van der Waals surface area (Å²) in [5.41, 5.74) is 3.32. The van der Waals surface area contributed by atoms with Gasteiger partial charge in [0.1, 0.15) is 0 Å². The molecule has 128 valence electrons. The van der Waals surface area contributed by atoms with Gasteiger partial charge in [0.25, 0.3) is 5.91 Å². The Labute approximate surface area is 157 Å². The van der Waals surface area contributed by atoms with E-state index < -0.39 is 0 Å². The Bertz CT molecular complexity index is 1190. The zero-order valence-corrected chi connectivity index (χ0v) is 14.5. The van der Waals surface area contributed by atoms with E-state index in [1.807, 2.05) is 78.9 Å². The second kappa shape index (κ2) is 7.15. The van der Waals surface area contributed by atoms with E-state index in [9.17, 15) is 10.1 Å². The van der Waals surface area contributed by atoms with Crippen LogP contribution >= 0.6 is 0 Å². The third-order valence-corrected chi connectivity index (χ3v) is 4.52. The molecule has 0 spiro atoms. The normalized spacial score (nSPS) is 10.3. The number of hydrogen-bond acceptors (Lipinski definition) is 2. The zero-order chi connectivity index (χ0) is 18.6. The molecule has 0 aliphatic rings. The van der Waals surface area contributed by atoms with Crippen molar-refractivity contribution in [3.8, 4) is 17.2 Å². The number of rotatable bonds is 3. The lowest BCUT2D eigenvalue weighted by molar-refractivity contribution is 0.102. The molecule has 3 heteroatoms. The number of hydrogen-bond donors (Lipinski definition) is 1. The smallest absolute Gasteiger partial charge is 0.256 e. The largest absolute Gasteiger partial charge is 0.322 e. The lowest BCUT2D eigenvalue weighted by Gasteiger charge is -2.12. The van der Waals surface area contributed by atoms with Crippen LogP contribution in [0.25, 0.3) is 21.9 Å². The van der Waals surface area contributed by atoms with E-state index in [2.05, 4.69) is 11.4 Å². The molecule has 0 saturated carbocycles. The molecule has 4 aromatic carbocycles. The van der Waals surface area contributed by atoms with Gasteiger partial charge in [0.05, 0.1) is 11.6 Å². The molecule has 3 nitrogen and oxygen atoms in total. The van der Waals surface area contributed by atoms with Crippen LogP contribution in [0.15, 0.2) is 91.0 Å². The molecule has 4 aromatic rings. The summed E-state index contributed by atoms with van der Waals surface area (Å²) in [6.07, 6.45) is 0. The predicted molar refractivity (Wildman–Crippen MR) is 108 cm³/mol. The van der Waals surface area contributed by atoms with Gasteiger partial charge in [-0.15, -0.1) is 0 Å². The first-order valence-electron chi connectivity index (χ1n) is 8.65. The summed E-state index contributed by atoms with van der Waals surface area (Å²) in [4.78, 5) is 12.9. The molecule has 0 aromatic heterocycles. The van der Waals surface area contributed by atoms with E-state index in [4.69, 9.17) is 0 Å². The van der Waals surface area contributed by atoms with Gasteiger partial charge >= 0.3 is 0 Å². The predicted octanol–water partition coefficient (Wildman–Crippen LogP) is 5.63. The Morgan fingerprint density at radius 2 is 1.41 bits per heavy atom. The van der Waals surface area contributed by atoms with E-state index in [0.29, 0.717) is 11.1 Å². The van der Waals surface area contributed by atoms with Crippen LogP contribution in [0.2, 0.25) is 0 Å². The fourth-order valence-corrected chi connectivity index (χ4v) is 3.20. The lowest BCUT2D eigenvalue weighted by Crippen LogP contribution is -2.13. The summed E-state index contributed by atoms with van der Waals surface area (Å²) >= 11 is 0. The maximum atomic E-state index is 12.9. The molecule has 1 N–H and O–H groups in total. The van der Waals surface area contributed by atoms with Crippen molar-refractivity contribution >= 4 is 22.4 Å². The van der Waals surface area contributed by atoms with Crippen LogP contribution in [0.1, 0.15) is 15.9 Å². The van der Waals surface area contributed by atoms with Crippen molar-refractivity contribution < 1.29 is 4.79 Å². The van der Waals surface area contributed by atoms with Crippen LogP contribution < -0.4 is 5.32 Å². The molecule has 27 heavy (non-hydrogen) atoms. The minimum absolute atomic E-state index is 0.200. The molecule has 0 unspecified atom stereocenters. The molecular weight excluding hydrogens is 332 g/mol. The number of benzene rings is 4. The van der Waals surface area contributed by atoms with Crippen LogP contribution in [0.3, 0.4) is 0 Å². The Morgan fingerprint density at radius 1 is 0.741 bits per heavy atom. The highest BCUT2D eigenvalue weighted by Crippen LogP contribution is 2.28. The molecule has 0 heterocycles. The molecule has 4 rings (SSSR count). The summed E-state index contributed by atoms with van der Waals surface area (Å²) in [5.74, 6) is -0.200. The average Bonchev–Trinajstić information content (AvgIpc) is 2.73. The van der Waals surface area contributed by atoms with Gasteiger partial charge in [-0.1, -0.05) is 66.7 Å². The maximum Gasteiger partial charge on any atom is 0.256 e. The van der Waals surface area contributed by atoms with Crippen molar-refractivity contribution in [1.29, 1.82) is 5.26 Å². The maximum absolute atomic E-state index is 12.9. The summed E-state index contributed by atoms with van der Waals surface area (Å²) in [5, 5.41) is 14.6. The summed E-state index contributed by atoms with van der Waals surface area (Å²) in [6.45, 7) is 0. The average molecular weight is 348 g/mol. The molecular formula is C24H16N2O. The Balaban J connectivity index is 1.71. The lowest BCUT2D eigenvalue weighted by atomic mass is 9.95. The monoisotopic (exact) mass is 348 g/mol. The van der Waals surface area contributed by atoms with E-state index in [-0.39, 0.29) is 5.91 Å². The van der Waals surface area contributed by atoms with E-state index in [1.54, 1.807) is 12.1 Å². The zero-order valence-electron chi connectivity index (χ0n) is 14.5. The van der Waals surface area contributed by atoms with Gasteiger partial charge in [-0.25, -0.2) is 0 Å². The minimum Gasteiger partial charge on any atom is -0.322 e. The third-order valence-electron chi connectivity index (χ3n) is 4.52. The molecule has 0 aliphatic carbocycles. The molecule has 0 radical (unpaired) electrons. The first-order valence-corrected chi connectivity index (χ1v) is 8.65.